The highest BCUT2D eigenvalue weighted by atomic mass is 16.5. The third-order valence-corrected chi connectivity index (χ3v) is 8.70. The Kier molecular flexibility index (Phi) is 8.46. The molecule has 0 radical (unpaired) electrons. The third kappa shape index (κ3) is 6.22. The number of benzene rings is 3. The molecule has 0 unspecified atom stereocenters. The maximum absolute atomic E-state index is 12.5. The van der Waals surface area contributed by atoms with Gasteiger partial charge in [0.15, 0.2) is 5.69 Å². The number of esters is 1. The summed E-state index contributed by atoms with van der Waals surface area (Å²) < 4.78 is 31.3. The Morgan fingerprint density at radius 1 is 1.02 bits per heavy atom. The van der Waals surface area contributed by atoms with Crippen molar-refractivity contribution in [1.29, 1.82) is 0 Å². The number of hydrogen-bond donors (Lipinski definition) is 0. The molecule has 4 heterocycles. The van der Waals surface area contributed by atoms with E-state index in [1.807, 2.05) is 48.5 Å². The Morgan fingerprint density at radius 2 is 1.91 bits per heavy atom. The minimum Gasteiger partial charge on any atom is -0.494 e. The molecule has 0 saturated carbocycles. The van der Waals surface area contributed by atoms with E-state index in [1.165, 1.54) is 7.11 Å². The normalized spacial score (nSPS) is 15.6. The molecule has 0 spiro atoms. The van der Waals surface area contributed by atoms with Gasteiger partial charge in [0.1, 0.15) is 29.4 Å². The molecule has 1 fully saturated rings. The smallest absolute Gasteiger partial charge is 0.338 e. The van der Waals surface area contributed by atoms with Crippen molar-refractivity contribution in [1.82, 2.24) is 14.5 Å². The van der Waals surface area contributed by atoms with Crippen LogP contribution in [0.1, 0.15) is 45.7 Å². The van der Waals surface area contributed by atoms with Crippen molar-refractivity contribution in [2.24, 2.45) is 0 Å². The van der Waals surface area contributed by atoms with Crippen LogP contribution in [-0.4, -0.2) is 54.0 Å². The number of fused-ring (bicyclic) bond motifs is 7. The number of ether oxygens (including phenoxy) is 5. The molecule has 7 rings (SSSR count). The van der Waals surface area contributed by atoms with E-state index in [0.717, 1.165) is 70.9 Å². The van der Waals surface area contributed by atoms with Gasteiger partial charge in [-0.3, -0.25) is 0 Å². The molecule has 2 aliphatic heterocycles. The number of hydrogen-bond acceptors (Lipinski definition) is 8. The molecular weight excluding hydrogens is 596 g/mol. The molecule has 5 aromatic rings. The van der Waals surface area contributed by atoms with Gasteiger partial charge in [-0.1, -0.05) is 42.0 Å². The summed E-state index contributed by atoms with van der Waals surface area (Å²) in [5.74, 6) is 2.13. The number of methoxy groups -OCH3 is 2. The highest BCUT2D eigenvalue weighted by Crippen LogP contribution is 2.34. The molecule has 0 N–H and O–H groups in total. The van der Waals surface area contributed by atoms with Gasteiger partial charge in [0.25, 0.3) is 0 Å². The van der Waals surface area contributed by atoms with Crippen LogP contribution < -0.4 is 14.2 Å². The standard InChI is InChI=1S/C37H34N4O6/c1-38-28-12-11-26-22-47-35-8-4-7-30(39-35)24-9-10-25(32(18-24)46-14-5-6-23(26)16-28)20-34-40-36-31(41(34)21-29-13-15-45-29)17-27(37(42)44-3)19-33(36)43-2/h4,7-12,16-19,29H,5-6,13-15,20-22H2,2-3H3/t29-/m0/s1. The highest BCUT2D eigenvalue weighted by Gasteiger charge is 2.25. The predicted molar refractivity (Wildman–Crippen MR) is 175 cm³/mol. The quantitative estimate of drug-likeness (QED) is 0.151. The number of aryl methyl sites for hydroxylation is 1. The topological polar surface area (TPSA) is 98.3 Å². The minimum absolute atomic E-state index is 0.0578. The van der Waals surface area contributed by atoms with E-state index in [1.54, 1.807) is 19.2 Å². The maximum Gasteiger partial charge on any atom is 0.338 e. The molecule has 2 aliphatic rings. The van der Waals surface area contributed by atoms with E-state index in [-0.39, 0.29) is 6.10 Å². The minimum atomic E-state index is -0.443. The molecule has 0 aliphatic carbocycles. The summed E-state index contributed by atoms with van der Waals surface area (Å²) in [6, 6.07) is 21.1. The lowest BCUT2D eigenvalue weighted by Gasteiger charge is -2.27. The first-order chi connectivity index (χ1) is 23.0. The Morgan fingerprint density at radius 3 is 2.70 bits per heavy atom. The van der Waals surface area contributed by atoms with Crippen molar-refractivity contribution in [2.45, 2.75) is 44.9 Å². The van der Waals surface area contributed by atoms with Crippen LogP contribution in [0.15, 0.2) is 66.7 Å². The van der Waals surface area contributed by atoms with E-state index in [9.17, 15) is 4.79 Å². The van der Waals surface area contributed by atoms with Gasteiger partial charge in [-0.25, -0.2) is 19.6 Å². The molecule has 3 aromatic carbocycles. The summed E-state index contributed by atoms with van der Waals surface area (Å²) in [6.45, 7) is 9.65. The van der Waals surface area contributed by atoms with Crippen LogP contribution in [0.2, 0.25) is 0 Å². The van der Waals surface area contributed by atoms with Crippen molar-refractivity contribution < 1.29 is 28.5 Å². The zero-order valence-corrected chi connectivity index (χ0v) is 26.3. The van der Waals surface area contributed by atoms with Gasteiger partial charge in [-0.05, 0) is 49.1 Å². The van der Waals surface area contributed by atoms with Gasteiger partial charge in [0, 0.05) is 30.2 Å². The summed E-state index contributed by atoms with van der Waals surface area (Å²) >= 11 is 0. The number of rotatable bonds is 6. The molecule has 10 heteroatoms. The van der Waals surface area contributed by atoms with Gasteiger partial charge in [-0.2, -0.15) is 0 Å². The van der Waals surface area contributed by atoms with Gasteiger partial charge >= 0.3 is 5.97 Å². The van der Waals surface area contributed by atoms with Crippen molar-refractivity contribution in [2.75, 3.05) is 27.4 Å². The lowest BCUT2D eigenvalue weighted by Crippen LogP contribution is -2.31. The van der Waals surface area contributed by atoms with E-state index < -0.39 is 5.97 Å². The first kappa shape index (κ1) is 30.3. The number of imidazole rings is 1. The SMILES string of the molecule is [C-]#[N+]c1ccc2c(c1)CCCOc1cc(ccc1Cc1nc3c(OC)cc(C(=O)OC)cc3n1C[C@@H]1CCO1)-c1cccc(n1)OC2. The van der Waals surface area contributed by atoms with Gasteiger partial charge in [0.05, 0.1) is 56.8 Å². The summed E-state index contributed by atoms with van der Waals surface area (Å²) in [7, 11) is 2.94. The molecule has 1 atom stereocenters. The number of nitrogens with zero attached hydrogens (tertiary/aromatic N) is 4. The van der Waals surface area contributed by atoms with E-state index in [4.69, 9.17) is 40.2 Å². The van der Waals surface area contributed by atoms with E-state index in [0.29, 0.717) is 54.6 Å². The number of pyridine rings is 1. The van der Waals surface area contributed by atoms with Crippen LogP contribution in [0.25, 0.3) is 27.1 Å². The number of carbonyl (C=O) groups excluding carboxylic acids is 1. The molecule has 1 saturated heterocycles. The fraction of sp³-hybridized carbons (Fsp3) is 0.297. The number of carbonyl (C=O) groups is 1. The lowest BCUT2D eigenvalue weighted by atomic mass is 10.0. The van der Waals surface area contributed by atoms with Gasteiger partial charge in [0.2, 0.25) is 5.88 Å². The van der Waals surface area contributed by atoms with Crippen LogP contribution in [0.3, 0.4) is 0 Å². The van der Waals surface area contributed by atoms with Gasteiger partial charge in [-0.15, -0.1) is 0 Å². The van der Waals surface area contributed by atoms with E-state index >= 15 is 0 Å². The third-order valence-electron chi connectivity index (χ3n) is 8.70. The molecule has 238 valence electrons. The predicted octanol–water partition coefficient (Wildman–Crippen LogP) is 6.73. The summed E-state index contributed by atoms with van der Waals surface area (Å²) in [4.78, 5) is 26.0. The Labute approximate surface area is 272 Å². The molecule has 4 bridgehead atoms. The first-order valence-electron chi connectivity index (χ1n) is 15.6. The van der Waals surface area contributed by atoms with Crippen molar-refractivity contribution in [3.8, 4) is 28.6 Å². The highest BCUT2D eigenvalue weighted by molar-refractivity contribution is 5.96. The molecule has 2 aromatic heterocycles. The fourth-order valence-electron chi connectivity index (χ4n) is 6.07. The summed E-state index contributed by atoms with van der Waals surface area (Å²) in [5.41, 5.74) is 7.18. The van der Waals surface area contributed by atoms with E-state index in [2.05, 4.69) is 15.5 Å². The largest absolute Gasteiger partial charge is 0.494 e. The Bertz CT molecular complexity index is 2010. The second-order valence-corrected chi connectivity index (χ2v) is 11.6. The van der Waals surface area contributed by atoms with Crippen LogP contribution in [-0.2, 0) is 35.5 Å². The van der Waals surface area contributed by atoms with Crippen molar-refractivity contribution >= 4 is 22.7 Å². The van der Waals surface area contributed by atoms with Crippen LogP contribution >= 0.6 is 0 Å². The van der Waals surface area contributed by atoms with Crippen LogP contribution in [0.5, 0.6) is 17.4 Å². The Balaban J connectivity index is 1.27. The average molecular weight is 631 g/mol. The van der Waals surface area contributed by atoms with Crippen LogP contribution in [0.4, 0.5) is 5.69 Å². The van der Waals surface area contributed by atoms with Crippen molar-refractivity contribution in [3.05, 3.63) is 106 Å². The maximum atomic E-state index is 12.5. The molecule has 47 heavy (non-hydrogen) atoms. The molecule has 10 nitrogen and oxygen atoms in total. The summed E-state index contributed by atoms with van der Waals surface area (Å²) in [6.07, 6.45) is 2.98. The summed E-state index contributed by atoms with van der Waals surface area (Å²) in [5, 5.41) is 0. The lowest BCUT2D eigenvalue weighted by molar-refractivity contribution is -0.0589. The van der Waals surface area contributed by atoms with Crippen LogP contribution in [0, 0.1) is 6.57 Å². The zero-order chi connectivity index (χ0) is 32.3. The molecular formula is C37H34N4O6. The molecule has 0 amide bonds. The monoisotopic (exact) mass is 630 g/mol. The Hall–Kier alpha value is -5.40. The van der Waals surface area contributed by atoms with Gasteiger partial charge < -0.3 is 28.3 Å². The average Bonchev–Trinajstić information content (AvgIpc) is 3.43. The number of aromatic nitrogens is 3. The second-order valence-electron chi connectivity index (χ2n) is 11.6. The zero-order valence-electron chi connectivity index (χ0n) is 26.3. The fourth-order valence-corrected chi connectivity index (χ4v) is 6.07. The second kappa shape index (κ2) is 13.1. The first-order valence-corrected chi connectivity index (χ1v) is 15.6. The van der Waals surface area contributed by atoms with Crippen molar-refractivity contribution in [3.63, 3.8) is 0 Å².